The number of fused-ring (bicyclic) bond motifs is 1. The fraction of sp³-hybridized carbons (Fsp3) is 0.556. The van der Waals surface area contributed by atoms with Gasteiger partial charge in [-0.05, 0) is 32.6 Å². The topological polar surface area (TPSA) is 63.8 Å². The van der Waals surface area contributed by atoms with Crippen LogP contribution in [0.25, 0.3) is 0 Å². The molecule has 2 rings (SSSR count). The Kier molecular flexibility index (Phi) is 2.14. The number of nitrogen functional groups attached to an aromatic ring is 1. The molecule has 0 radical (unpaired) electrons. The van der Waals surface area contributed by atoms with Gasteiger partial charge in [-0.2, -0.15) is 0 Å². The molecule has 0 saturated carbocycles. The predicted octanol–water partition coefficient (Wildman–Crippen LogP) is 0.949. The van der Waals surface area contributed by atoms with Crippen molar-refractivity contribution in [3.8, 4) is 0 Å². The molecule has 4 heteroatoms. The molecule has 0 aliphatic heterocycles. The summed E-state index contributed by atoms with van der Waals surface area (Å²) in [6.45, 7) is 1.90. The fourth-order valence-electron chi connectivity index (χ4n) is 1.84. The Bertz CT molecular complexity index is 304. The normalized spacial score (nSPS) is 15.2. The van der Waals surface area contributed by atoms with E-state index in [1.54, 1.807) is 0 Å². The molecule has 70 valence electrons. The van der Waals surface area contributed by atoms with E-state index in [4.69, 9.17) is 5.84 Å². The number of nitrogens with zero attached hydrogens (tertiary/aromatic N) is 2. The highest BCUT2D eigenvalue weighted by Crippen LogP contribution is 2.24. The number of hydrogen-bond acceptors (Lipinski definition) is 4. The van der Waals surface area contributed by atoms with Crippen molar-refractivity contribution >= 4 is 5.82 Å². The first-order valence-electron chi connectivity index (χ1n) is 4.64. The van der Waals surface area contributed by atoms with Gasteiger partial charge in [0.25, 0.3) is 0 Å². The molecule has 0 unspecified atom stereocenters. The third kappa shape index (κ3) is 1.49. The number of anilines is 1. The van der Waals surface area contributed by atoms with Crippen molar-refractivity contribution < 1.29 is 0 Å². The van der Waals surface area contributed by atoms with E-state index in [9.17, 15) is 0 Å². The van der Waals surface area contributed by atoms with Crippen molar-refractivity contribution in [3.63, 3.8) is 0 Å². The lowest BCUT2D eigenvalue weighted by Gasteiger charge is -2.17. The van der Waals surface area contributed by atoms with Crippen molar-refractivity contribution in [2.75, 3.05) is 5.43 Å². The van der Waals surface area contributed by atoms with Gasteiger partial charge in [-0.25, -0.2) is 15.8 Å². The van der Waals surface area contributed by atoms with Crippen LogP contribution in [0, 0.1) is 6.92 Å². The van der Waals surface area contributed by atoms with Gasteiger partial charge < -0.3 is 5.43 Å². The lowest BCUT2D eigenvalue weighted by Crippen LogP contribution is -2.17. The molecule has 13 heavy (non-hydrogen) atoms. The first-order valence-corrected chi connectivity index (χ1v) is 4.64. The van der Waals surface area contributed by atoms with E-state index in [1.807, 2.05) is 6.92 Å². The van der Waals surface area contributed by atoms with E-state index in [0.717, 1.165) is 24.5 Å². The molecule has 1 heterocycles. The Balaban J connectivity index is 2.50. The molecular formula is C9H14N4. The number of rotatable bonds is 1. The summed E-state index contributed by atoms with van der Waals surface area (Å²) in [7, 11) is 0. The molecule has 0 aromatic carbocycles. The van der Waals surface area contributed by atoms with Crippen molar-refractivity contribution in [3.05, 3.63) is 17.1 Å². The van der Waals surface area contributed by atoms with E-state index in [2.05, 4.69) is 15.4 Å². The first kappa shape index (κ1) is 8.44. The van der Waals surface area contributed by atoms with Gasteiger partial charge >= 0.3 is 0 Å². The van der Waals surface area contributed by atoms with Crippen LogP contribution in [0.1, 0.15) is 29.9 Å². The van der Waals surface area contributed by atoms with Gasteiger partial charge in [0.1, 0.15) is 11.6 Å². The largest absolute Gasteiger partial charge is 0.308 e. The number of aromatic nitrogens is 2. The maximum absolute atomic E-state index is 5.40. The summed E-state index contributed by atoms with van der Waals surface area (Å²) in [5, 5.41) is 0. The molecule has 0 spiro atoms. The Morgan fingerprint density at radius 3 is 2.77 bits per heavy atom. The minimum atomic E-state index is 0.800. The zero-order valence-electron chi connectivity index (χ0n) is 7.80. The van der Waals surface area contributed by atoms with Crippen molar-refractivity contribution in [1.82, 2.24) is 9.97 Å². The summed E-state index contributed by atoms with van der Waals surface area (Å²) in [6.07, 6.45) is 4.56. The van der Waals surface area contributed by atoms with Crippen molar-refractivity contribution in [2.24, 2.45) is 5.84 Å². The maximum atomic E-state index is 5.40. The Hall–Kier alpha value is -1.16. The minimum absolute atomic E-state index is 0.800. The monoisotopic (exact) mass is 178 g/mol. The average Bonchev–Trinajstić information content (AvgIpc) is 2.16. The molecule has 1 aromatic rings. The second-order valence-corrected chi connectivity index (χ2v) is 3.40. The third-order valence-corrected chi connectivity index (χ3v) is 2.43. The van der Waals surface area contributed by atoms with Crippen LogP contribution in [0.2, 0.25) is 0 Å². The molecule has 1 aromatic heterocycles. The van der Waals surface area contributed by atoms with Crippen LogP contribution < -0.4 is 11.3 Å². The van der Waals surface area contributed by atoms with Gasteiger partial charge in [-0.1, -0.05) is 0 Å². The summed E-state index contributed by atoms with van der Waals surface area (Å²) >= 11 is 0. The SMILES string of the molecule is Cc1nc2c(c(NN)n1)CCCC2. The second-order valence-electron chi connectivity index (χ2n) is 3.40. The van der Waals surface area contributed by atoms with Crippen LogP contribution in [-0.4, -0.2) is 9.97 Å². The van der Waals surface area contributed by atoms with Crippen LogP contribution in [0.15, 0.2) is 0 Å². The van der Waals surface area contributed by atoms with Crippen LogP contribution in [0.4, 0.5) is 5.82 Å². The summed E-state index contributed by atoms with van der Waals surface area (Å²) < 4.78 is 0. The average molecular weight is 178 g/mol. The number of hydrazine groups is 1. The van der Waals surface area contributed by atoms with Gasteiger partial charge in [0.05, 0.1) is 0 Å². The van der Waals surface area contributed by atoms with Crippen LogP contribution >= 0.6 is 0 Å². The van der Waals surface area contributed by atoms with E-state index in [1.165, 1.54) is 24.1 Å². The molecule has 3 N–H and O–H groups in total. The quantitative estimate of drug-likeness (QED) is 0.496. The molecule has 0 saturated heterocycles. The summed E-state index contributed by atoms with van der Waals surface area (Å²) in [4.78, 5) is 8.67. The van der Waals surface area contributed by atoms with Gasteiger partial charge in [0.15, 0.2) is 0 Å². The Morgan fingerprint density at radius 2 is 2.00 bits per heavy atom. The van der Waals surface area contributed by atoms with E-state index >= 15 is 0 Å². The molecule has 0 atom stereocenters. The summed E-state index contributed by atoms with van der Waals surface area (Å²) in [5.74, 6) is 7.01. The Morgan fingerprint density at radius 1 is 1.23 bits per heavy atom. The van der Waals surface area contributed by atoms with Crippen molar-refractivity contribution in [1.29, 1.82) is 0 Å². The highest BCUT2D eigenvalue weighted by Gasteiger charge is 2.15. The summed E-state index contributed by atoms with van der Waals surface area (Å²) in [6, 6.07) is 0. The lowest BCUT2D eigenvalue weighted by molar-refractivity contribution is 0.659. The van der Waals surface area contributed by atoms with Gasteiger partial charge in [-0.15, -0.1) is 0 Å². The van der Waals surface area contributed by atoms with E-state index < -0.39 is 0 Å². The van der Waals surface area contributed by atoms with E-state index in [-0.39, 0.29) is 0 Å². The predicted molar refractivity (Wildman–Crippen MR) is 51.2 cm³/mol. The number of aryl methyl sites for hydroxylation is 2. The second kappa shape index (κ2) is 3.30. The first-order chi connectivity index (χ1) is 6.31. The molecular weight excluding hydrogens is 164 g/mol. The Labute approximate surface area is 77.5 Å². The van der Waals surface area contributed by atoms with Crippen molar-refractivity contribution in [2.45, 2.75) is 32.6 Å². The maximum Gasteiger partial charge on any atom is 0.147 e. The van der Waals surface area contributed by atoms with Crippen LogP contribution in [0.5, 0.6) is 0 Å². The van der Waals surface area contributed by atoms with Gasteiger partial charge in [0, 0.05) is 11.3 Å². The highest BCUT2D eigenvalue weighted by atomic mass is 15.3. The zero-order chi connectivity index (χ0) is 9.26. The molecule has 1 aliphatic carbocycles. The molecule has 1 aliphatic rings. The van der Waals surface area contributed by atoms with Crippen LogP contribution in [-0.2, 0) is 12.8 Å². The summed E-state index contributed by atoms with van der Waals surface area (Å²) in [5.41, 5.74) is 5.03. The minimum Gasteiger partial charge on any atom is -0.308 e. The molecule has 4 nitrogen and oxygen atoms in total. The third-order valence-electron chi connectivity index (χ3n) is 2.43. The molecule has 0 amide bonds. The van der Waals surface area contributed by atoms with Gasteiger partial charge in [0.2, 0.25) is 0 Å². The fourth-order valence-corrected chi connectivity index (χ4v) is 1.84. The lowest BCUT2D eigenvalue weighted by atomic mass is 9.96. The number of nitrogens with one attached hydrogen (secondary N) is 1. The van der Waals surface area contributed by atoms with Crippen LogP contribution in [0.3, 0.4) is 0 Å². The number of nitrogens with two attached hydrogens (primary N) is 1. The van der Waals surface area contributed by atoms with Gasteiger partial charge in [-0.3, -0.25) is 0 Å². The zero-order valence-corrected chi connectivity index (χ0v) is 7.80. The number of hydrogen-bond donors (Lipinski definition) is 2. The highest BCUT2D eigenvalue weighted by molar-refractivity contribution is 5.46. The molecule has 0 bridgehead atoms. The standard InChI is InChI=1S/C9H14N4/c1-6-11-8-5-3-2-4-7(8)9(12-6)13-10/h2-5,10H2,1H3,(H,11,12,13). The van der Waals surface area contributed by atoms with E-state index in [0.29, 0.717) is 0 Å². The molecule has 0 fully saturated rings. The smallest absolute Gasteiger partial charge is 0.147 e.